The third kappa shape index (κ3) is 2.54. The zero-order valence-electron chi connectivity index (χ0n) is 10.7. The summed E-state index contributed by atoms with van der Waals surface area (Å²) < 4.78 is 5.17. The molecule has 1 aromatic heterocycles. The molecule has 0 saturated carbocycles. The molecular formula is C13H16ClN3O. The van der Waals surface area contributed by atoms with Crippen molar-refractivity contribution in [3.8, 4) is 0 Å². The fourth-order valence-corrected chi connectivity index (χ4v) is 2.03. The summed E-state index contributed by atoms with van der Waals surface area (Å²) in [6.45, 7) is 2.71. The number of aromatic nitrogens is 2. The standard InChI is InChI=1S/C13H16ClN3O/c1-9(8-18-3)17(2)12-10-6-4-5-7-11(10)15-13(14)16-12/h4-7,9H,8H2,1-3H3. The molecule has 0 aliphatic heterocycles. The van der Waals surface area contributed by atoms with Gasteiger partial charge in [0.15, 0.2) is 0 Å². The normalized spacial score (nSPS) is 12.7. The first-order valence-electron chi connectivity index (χ1n) is 5.77. The summed E-state index contributed by atoms with van der Waals surface area (Å²) in [7, 11) is 3.67. The Hall–Kier alpha value is -1.39. The second-order valence-corrected chi connectivity index (χ2v) is 4.59. The summed E-state index contributed by atoms with van der Waals surface area (Å²) >= 11 is 5.97. The van der Waals surface area contributed by atoms with Crippen LogP contribution in [-0.2, 0) is 4.74 Å². The van der Waals surface area contributed by atoms with E-state index in [2.05, 4.69) is 21.8 Å². The van der Waals surface area contributed by atoms with Crippen LogP contribution in [0.2, 0.25) is 5.28 Å². The molecule has 0 saturated heterocycles. The number of fused-ring (bicyclic) bond motifs is 1. The maximum absolute atomic E-state index is 5.97. The van der Waals surface area contributed by atoms with E-state index in [9.17, 15) is 0 Å². The van der Waals surface area contributed by atoms with Gasteiger partial charge in [-0.05, 0) is 30.7 Å². The number of hydrogen-bond acceptors (Lipinski definition) is 4. The van der Waals surface area contributed by atoms with Crippen LogP contribution in [0.3, 0.4) is 0 Å². The van der Waals surface area contributed by atoms with Crippen molar-refractivity contribution >= 4 is 28.3 Å². The van der Waals surface area contributed by atoms with Crippen molar-refractivity contribution in [2.45, 2.75) is 13.0 Å². The van der Waals surface area contributed by atoms with Gasteiger partial charge >= 0.3 is 0 Å². The Kier molecular flexibility index (Phi) is 3.99. The monoisotopic (exact) mass is 265 g/mol. The summed E-state index contributed by atoms with van der Waals surface area (Å²) in [5.41, 5.74) is 0.851. The molecule has 1 unspecified atom stereocenters. The Morgan fingerprint density at radius 2 is 2.06 bits per heavy atom. The number of benzene rings is 1. The molecule has 4 nitrogen and oxygen atoms in total. The third-order valence-corrected chi connectivity index (χ3v) is 3.13. The van der Waals surface area contributed by atoms with Crippen LogP contribution in [0.4, 0.5) is 5.82 Å². The molecule has 1 aromatic carbocycles. The Morgan fingerprint density at radius 1 is 1.33 bits per heavy atom. The fourth-order valence-electron chi connectivity index (χ4n) is 1.86. The van der Waals surface area contributed by atoms with Crippen LogP contribution in [0.5, 0.6) is 0 Å². The first-order valence-corrected chi connectivity index (χ1v) is 6.15. The molecular weight excluding hydrogens is 250 g/mol. The highest BCUT2D eigenvalue weighted by Gasteiger charge is 2.15. The van der Waals surface area contributed by atoms with E-state index < -0.39 is 0 Å². The molecule has 5 heteroatoms. The lowest BCUT2D eigenvalue weighted by Gasteiger charge is -2.26. The molecule has 2 rings (SSSR count). The molecule has 0 amide bonds. The number of methoxy groups -OCH3 is 1. The first-order chi connectivity index (χ1) is 8.63. The molecule has 0 aliphatic carbocycles. The Balaban J connectivity index is 2.49. The van der Waals surface area contributed by atoms with Crippen LogP contribution in [-0.4, -0.2) is 36.8 Å². The van der Waals surface area contributed by atoms with Crippen LogP contribution in [0.25, 0.3) is 10.9 Å². The van der Waals surface area contributed by atoms with Gasteiger partial charge in [0.25, 0.3) is 0 Å². The Bertz CT molecular complexity index is 547. The van der Waals surface area contributed by atoms with Crippen molar-refractivity contribution in [3.05, 3.63) is 29.5 Å². The highest BCUT2D eigenvalue weighted by Crippen LogP contribution is 2.25. The number of anilines is 1. The minimum atomic E-state index is 0.212. The SMILES string of the molecule is COCC(C)N(C)c1nc(Cl)nc2ccccc12. The highest BCUT2D eigenvalue weighted by atomic mass is 35.5. The molecule has 0 spiro atoms. The van der Waals surface area contributed by atoms with Gasteiger partial charge in [0.1, 0.15) is 5.82 Å². The maximum atomic E-state index is 5.97. The van der Waals surface area contributed by atoms with Gasteiger partial charge in [-0.2, -0.15) is 4.98 Å². The third-order valence-electron chi connectivity index (χ3n) is 2.96. The van der Waals surface area contributed by atoms with Crippen LogP contribution in [0.1, 0.15) is 6.92 Å². The van der Waals surface area contributed by atoms with E-state index in [1.54, 1.807) is 7.11 Å². The van der Waals surface area contributed by atoms with Crippen molar-refractivity contribution in [3.63, 3.8) is 0 Å². The van der Waals surface area contributed by atoms with Crippen LogP contribution in [0, 0.1) is 0 Å². The molecule has 0 bridgehead atoms. The van der Waals surface area contributed by atoms with Crippen molar-refractivity contribution in [2.24, 2.45) is 0 Å². The van der Waals surface area contributed by atoms with Gasteiger partial charge in [-0.25, -0.2) is 4.98 Å². The molecule has 18 heavy (non-hydrogen) atoms. The zero-order valence-corrected chi connectivity index (χ0v) is 11.5. The molecule has 2 aromatic rings. The average Bonchev–Trinajstić information content (AvgIpc) is 2.37. The van der Waals surface area contributed by atoms with E-state index in [-0.39, 0.29) is 11.3 Å². The fraction of sp³-hybridized carbons (Fsp3) is 0.385. The van der Waals surface area contributed by atoms with Crippen molar-refractivity contribution in [1.82, 2.24) is 9.97 Å². The number of ether oxygens (including phenoxy) is 1. The number of likely N-dealkylation sites (N-methyl/N-ethyl adjacent to an activating group) is 1. The van der Waals surface area contributed by atoms with E-state index in [4.69, 9.17) is 16.3 Å². The van der Waals surface area contributed by atoms with Crippen LogP contribution >= 0.6 is 11.6 Å². The summed E-state index contributed by atoms with van der Waals surface area (Å²) in [5, 5.41) is 1.26. The Labute approximate surface area is 112 Å². The highest BCUT2D eigenvalue weighted by molar-refractivity contribution is 6.28. The summed E-state index contributed by atoms with van der Waals surface area (Å²) in [5.74, 6) is 0.829. The van der Waals surface area contributed by atoms with Crippen LogP contribution < -0.4 is 4.90 Å². The van der Waals surface area contributed by atoms with Gasteiger partial charge < -0.3 is 9.64 Å². The molecule has 96 valence electrons. The van der Waals surface area contributed by atoms with Crippen LogP contribution in [0.15, 0.2) is 24.3 Å². The quantitative estimate of drug-likeness (QED) is 0.797. The Morgan fingerprint density at radius 3 is 2.78 bits per heavy atom. The number of para-hydroxylation sites is 1. The van der Waals surface area contributed by atoms with Gasteiger partial charge in [-0.1, -0.05) is 12.1 Å². The lowest BCUT2D eigenvalue weighted by Crippen LogP contribution is -2.33. The van der Waals surface area contributed by atoms with Crippen molar-refractivity contribution in [1.29, 1.82) is 0 Å². The second kappa shape index (κ2) is 5.50. The average molecular weight is 266 g/mol. The summed E-state index contributed by atoms with van der Waals surface area (Å²) in [6.07, 6.45) is 0. The van der Waals surface area contributed by atoms with E-state index in [0.717, 1.165) is 16.7 Å². The topological polar surface area (TPSA) is 38.2 Å². The summed E-state index contributed by atoms with van der Waals surface area (Å²) in [6, 6.07) is 8.05. The van der Waals surface area contributed by atoms with Gasteiger partial charge in [0.05, 0.1) is 18.2 Å². The molecule has 0 radical (unpaired) electrons. The van der Waals surface area contributed by atoms with Gasteiger partial charge in [0, 0.05) is 19.5 Å². The number of halogens is 1. The van der Waals surface area contributed by atoms with E-state index in [1.807, 2.05) is 31.3 Å². The summed E-state index contributed by atoms with van der Waals surface area (Å²) in [4.78, 5) is 10.6. The largest absolute Gasteiger partial charge is 0.383 e. The van der Waals surface area contributed by atoms with E-state index >= 15 is 0 Å². The lowest BCUT2D eigenvalue weighted by molar-refractivity contribution is 0.183. The molecule has 0 N–H and O–H groups in total. The predicted molar refractivity (Wildman–Crippen MR) is 74.3 cm³/mol. The molecule has 0 aliphatic rings. The maximum Gasteiger partial charge on any atom is 0.224 e. The van der Waals surface area contributed by atoms with E-state index in [0.29, 0.717) is 6.61 Å². The minimum absolute atomic E-state index is 0.212. The van der Waals surface area contributed by atoms with Gasteiger partial charge in [-0.3, -0.25) is 0 Å². The molecule has 1 atom stereocenters. The lowest BCUT2D eigenvalue weighted by atomic mass is 10.2. The zero-order chi connectivity index (χ0) is 13.1. The van der Waals surface area contributed by atoms with Crippen molar-refractivity contribution < 1.29 is 4.74 Å². The first kappa shape index (κ1) is 13.1. The number of rotatable bonds is 4. The molecule has 0 fully saturated rings. The number of hydrogen-bond donors (Lipinski definition) is 0. The van der Waals surface area contributed by atoms with Gasteiger partial charge in [0.2, 0.25) is 5.28 Å². The minimum Gasteiger partial charge on any atom is -0.383 e. The van der Waals surface area contributed by atoms with Crippen molar-refractivity contribution in [2.75, 3.05) is 25.7 Å². The molecule has 1 heterocycles. The second-order valence-electron chi connectivity index (χ2n) is 4.25. The van der Waals surface area contributed by atoms with E-state index in [1.165, 1.54) is 0 Å². The smallest absolute Gasteiger partial charge is 0.224 e. The van der Waals surface area contributed by atoms with Gasteiger partial charge in [-0.15, -0.1) is 0 Å². The number of nitrogens with zero attached hydrogens (tertiary/aromatic N) is 3. The predicted octanol–water partition coefficient (Wildman–Crippen LogP) is 2.75.